The van der Waals surface area contributed by atoms with Crippen LogP contribution in [0.4, 0.5) is 0 Å². The van der Waals surface area contributed by atoms with Gasteiger partial charge in [0.2, 0.25) is 0 Å². The number of fused-ring (bicyclic) bond motifs is 1. The summed E-state index contributed by atoms with van der Waals surface area (Å²) < 4.78 is 5.72. The van der Waals surface area contributed by atoms with E-state index in [1.807, 2.05) is 6.26 Å². The molecule has 118 valence electrons. The number of furan rings is 1. The van der Waals surface area contributed by atoms with Crippen molar-refractivity contribution in [3.05, 3.63) is 23.7 Å². The second-order valence-corrected chi connectivity index (χ2v) is 7.84. The average molecular weight is 290 g/mol. The summed E-state index contributed by atoms with van der Waals surface area (Å²) in [4.78, 5) is 2.71. The predicted molar refractivity (Wildman–Crippen MR) is 86.1 cm³/mol. The van der Waals surface area contributed by atoms with Gasteiger partial charge in [-0.1, -0.05) is 6.42 Å². The van der Waals surface area contributed by atoms with Crippen molar-refractivity contribution in [2.75, 3.05) is 6.54 Å². The molecule has 1 aromatic heterocycles. The van der Waals surface area contributed by atoms with Gasteiger partial charge in [0.05, 0.1) is 12.8 Å². The van der Waals surface area contributed by atoms with Crippen LogP contribution in [-0.4, -0.2) is 23.0 Å². The van der Waals surface area contributed by atoms with Gasteiger partial charge in [-0.15, -0.1) is 0 Å². The number of hydrogen-bond acceptors (Lipinski definition) is 3. The smallest absolute Gasteiger partial charge is 0.122 e. The highest BCUT2D eigenvalue weighted by Crippen LogP contribution is 2.37. The third-order valence-corrected chi connectivity index (χ3v) is 5.10. The summed E-state index contributed by atoms with van der Waals surface area (Å²) >= 11 is 0. The largest absolute Gasteiger partial charge is 0.468 e. The highest BCUT2D eigenvalue weighted by atomic mass is 16.3. The lowest BCUT2D eigenvalue weighted by atomic mass is 9.91. The third-order valence-electron chi connectivity index (χ3n) is 5.10. The number of piperidine rings is 1. The summed E-state index contributed by atoms with van der Waals surface area (Å²) in [5.41, 5.74) is 1.51. The summed E-state index contributed by atoms with van der Waals surface area (Å²) in [5, 5.41) is 3.54. The van der Waals surface area contributed by atoms with Gasteiger partial charge < -0.3 is 9.73 Å². The summed E-state index contributed by atoms with van der Waals surface area (Å²) in [6.07, 6.45) is 8.95. The summed E-state index contributed by atoms with van der Waals surface area (Å²) in [6.45, 7) is 9.75. The van der Waals surface area contributed by atoms with Gasteiger partial charge in [0.25, 0.3) is 0 Å². The number of rotatable bonds is 4. The Morgan fingerprint density at radius 1 is 1.24 bits per heavy atom. The van der Waals surface area contributed by atoms with E-state index in [1.54, 1.807) is 0 Å². The van der Waals surface area contributed by atoms with Gasteiger partial charge in [-0.2, -0.15) is 0 Å². The molecule has 0 bridgehead atoms. The molecule has 2 unspecified atom stereocenters. The molecule has 3 heteroatoms. The fourth-order valence-corrected chi connectivity index (χ4v) is 3.98. The molecule has 2 atom stereocenters. The van der Waals surface area contributed by atoms with Crippen LogP contribution >= 0.6 is 0 Å². The van der Waals surface area contributed by atoms with Gasteiger partial charge in [0.1, 0.15) is 5.76 Å². The molecule has 1 saturated carbocycles. The molecule has 1 aliphatic heterocycles. The molecule has 2 aliphatic rings. The van der Waals surface area contributed by atoms with E-state index in [9.17, 15) is 0 Å². The summed E-state index contributed by atoms with van der Waals surface area (Å²) in [7, 11) is 0. The molecular weight excluding hydrogens is 260 g/mol. The van der Waals surface area contributed by atoms with Crippen LogP contribution in [0.3, 0.4) is 0 Å². The molecule has 1 aliphatic carbocycles. The number of likely N-dealkylation sites (tertiary alicyclic amines) is 1. The van der Waals surface area contributed by atoms with Crippen LogP contribution in [0.2, 0.25) is 0 Å². The minimum absolute atomic E-state index is 0.131. The number of nitrogens with zero attached hydrogens (tertiary/aromatic N) is 1. The molecule has 3 nitrogen and oxygen atoms in total. The van der Waals surface area contributed by atoms with Crippen molar-refractivity contribution < 1.29 is 4.42 Å². The molecule has 0 aromatic carbocycles. The molecule has 2 fully saturated rings. The van der Waals surface area contributed by atoms with Crippen LogP contribution in [0.15, 0.2) is 16.7 Å². The van der Waals surface area contributed by atoms with Gasteiger partial charge >= 0.3 is 0 Å². The van der Waals surface area contributed by atoms with E-state index in [1.165, 1.54) is 44.2 Å². The Bertz CT molecular complexity index is 460. The zero-order valence-corrected chi connectivity index (χ0v) is 13.8. The summed E-state index contributed by atoms with van der Waals surface area (Å²) in [6, 6.07) is 3.00. The molecule has 0 amide bonds. The molecule has 0 radical (unpaired) electrons. The highest BCUT2D eigenvalue weighted by molar-refractivity contribution is 5.17. The van der Waals surface area contributed by atoms with E-state index in [0.29, 0.717) is 0 Å². The zero-order chi connectivity index (χ0) is 14.9. The van der Waals surface area contributed by atoms with E-state index in [4.69, 9.17) is 4.42 Å². The lowest BCUT2D eigenvalue weighted by Crippen LogP contribution is -2.42. The minimum Gasteiger partial charge on any atom is -0.468 e. The van der Waals surface area contributed by atoms with Crippen LogP contribution in [0.25, 0.3) is 0 Å². The second-order valence-electron chi connectivity index (χ2n) is 7.84. The minimum atomic E-state index is 0.131. The number of hydrogen-bond donors (Lipinski definition) is 1. The SMILES string of the molecule is CC(C)(C)NCc1occc1CN1CCCC2CCCC21. The molecule has 0 spiro atoms. The van der Waals surface area contributed by atoms with Crippen LogP contribution in [0.5, 0.6) is 0 Å². The van der Waals surface area contributed by atoms with E-state index in [0.717, 1.165) is 30.8 Å². The van der Waals surface area contributed by atoms with Gasteiger partial charge in [0, 0.05) is 23.7 Å². The molecule has 21 heavy (non-hydrogen) atoms. The van der Waals surface area contributed by atoms with Gasteiger partial charge in [-0.3, -0.25) is 4.90 Å². The molecule has 3 rings (SSSR count). The van der Waals surface area contributed by atoms with E-state index in [-0.39, 0.29) is 5.54 Å². The maximum absolute atomic E-state index is 5.72. The Labute approximate surface area is 129 Å². The Morgan fingerprint density at radius 3 is 2.86 bits per heavy atom. The van der Waals surface area contributed by atoms with Crippen LogP contribution < -0.4 is 5.32 Å². The Hall–Kier alpha value is -0.800. The Balaban J connectivity index is 1.63. The first-order valence-corrected chi connectivity index (χ1v) is 8.57. The fourth-order valence-electron chi connectivity index (χ4n) is 3.98. The maximum atomic E-state index is 5.72. The predicted octanol–water partition coefficient (Wildman–Crippen LogP) is 3.93. The van der Waals surface area contributed by atoms with Crippen LogP contribution in [0.1, 0.15) is 64.2 Å². The maximum Gasteiger partial charge on any atom is 0.122 e. The average Bonchev–Trinajstić information content (AvgIpc) is 3.04. The van der Waals surface area contributed by atoms with E-state index >= 15 is 0 Å². The highest BCUT2D eigenvalue weighted by Gasteiger charge is 2.35. The van der Waals surface area contributed by atoms with Gasteiger partial charge in [-0.05, 0) is 65.0 Å². The molecule has 2 heterocycles. The normalized spacial score (nSPS) is 27.0. The van der Waals surface area contributed by atoms with E-state index < -0.39 is 0 Å². The molecule has 1 N–H and O–H groups in total. The molecule has 1 saturated heterocycles. The first-order chi connectivity index (χ1) is 10.0. The standard InChI is InChI=1S/C18H30N2O/c1-18(2,3)19-12-17-15(9-11-21-17)13-20-10-5-7-14-6-4-8-16(14)20/h9,11,14,16,19H,4-8,10,12-13H2,1-3H3. The number of nitrogens with one attached hydrogen (secondary N) is 1. The molecule has 1 aromatic rings. The Kier molecular flexibility index (Phi) is 4.41. The van der Waals surface area contributed by atoms with Crippen LogP contribution in [-0.2, 0) is 13.1 Å². The lowest BCUT2D eigenvalue weighted by molar-refractivity contribution is 0.105. The zero-order valence-electron chi connectivity index (χ0n) is 13.8. The quantitative estimate of drug-likeness (QED) is 0.910. The van der Waals surface area contributed by atoms with Crippen molar-refractivity contribution in [1.29, 1.82) is 0 Å². The van der Waals surface area contributed by atoms with Gasteiger partial charge in [-0.25, -0.2) is 0 Å². The van der Waals surface area contributed by atoms with Crippen LogP contribution in [0, 0.1) is 5.92 Å². The first-order valence-electron chi connectivity index (χ1n) is 8.57. The van der Waals surface area contributed by atoms with Gasteiger partial charge in [0.15, 0.2) is 0 Å². The van der Waals surface area contributed by atoms with Crippen molar-refractivity contribution in [3.63, 3.8) is 0 Å². The van der Waals surface area contributed by atoms with Crippen molar-refractivity contribution in [2.45, 2.75) is 77.5 Å². The van der Waals surface area contributed by atoms with Crippen molar-refractivity contribution in [2.24, 2.45) is 5.92 Å². The van der Waals surface area contributed by atoms with Crippen molar-refractivity contribution in [3.8, 4) is 0 Å². The summed E-state index contributed by atoms with van der Waals surface area (Å²) in [5.74, 6) is 2.08. The fraction of sp³-hybridized carbons (Fsp3) is 0.778. The first kappa shape index (κ1) is 15.1. The second kappa shape index (κ2) is 6.13. The Morgan fingerprint density at radius 2 is 2.05 bits per heavy atom. The molecular formula is C18H30N2O. The monoisotopic (exact) mass is 290 g/mol. The van der Waals surface area contributed by atoms with E-state index in [2.05, 4.69) is 37.1 Å². The topological polar surface area (TPSA) is 28.4 Å². The lowest BCUT2D eigenvalue weighted by Gasteiger charge is -2.37. The third kappa shape index (κ3) is 3.70. The van der Waals surface area contributed by atoms with Crippen molar-refractivity contribution in [1.82, 2.24) is 10.2 Å². The van der Waals surface area contributed by atoms with Crippen molar-refractivity contribution >= 4 is 0 Å².